The van der Waals surface area contributed by atoms with Gasteiger partial charge in [-0.3, -0.25) is 9.69 Å². The molecule has 0 aliphatic carbocycles. The van der Waals surface area contributed by atoms with Crippen molar-refractivity contribution in [1.29, 1.82) is 0 Å². The van der Waals surface area contributed by atoms with Crippen molar-refractivity contribution in [2.45, 2.75) is 25.7 Å². The number of carbonyl (C=O) groups is 1. The third kappa shape index (κ3) is 3.84. The molecule has 1 amide bonds. The first kappa shape index (κ1) is 20.5. The summed E-state index contributed by atoms with van der Waals surface area (Å²) in [5, 5.41) is 0. The number of rotatable bonds is 5. The second-order valence-electron chi connectivity index (χ2n) is 7.87. The predicted octanol–water partition coefficient (Wildman–Crippen LogP) is 3.83. The number of amides is 1. The van der Waals surface area contributed by atoms with Gasteiger partial charge in [0.15, 0.2) is 16.9 Å². The molecule has 0 radical (unpaired) electrons. The molecule has 2 aromatic rings. The number of benzene rings is 2. The predicted molar refractivity (Wildman–Crippen MR) is 104 cm³/mol. The lowest BCUT2D eigenvalue weighted by Crippen LogP contribution is -2.52. The van der Waals surface area contributed by atoms with Crippen LogP contribution in [0.3, 0.4) is 0 Å². The molecule has 160 valence electrons. The monoisotopic (exact) mass is 420 g/mol. The van der Waals surface area contributed by atoms with Crippen LogP contribution < -0.4 is 9.47 Å². The standard InChI is InChI=1S/C22H23F3N2O3/c1-26(12-17-7-8-18-19(11-17)30-15-29-18)20(28)21(22(23,24)25)9-10-27(14-21)13-16-5-3-2-4-6-16/h2-8,11H,9-10,12-15H2,1H3/t21-/m1/s1. The third-order valence-corrected chi connectivity index (χ3v) is 5.75. The maximum absolute atomic E-state index is 14.1. The summed E-state index contributed by atoms with van der Waals surface area (Å²) in [7, 11) is 1.42. The first-order chi connectivity index (χ1) is 14.3. The molecule has 0 spiro atoms. The zero-order valence-corrected chi connectivity index (χ0v) is 16.6. The van der Waals surface area contributed by atoms with E-state index >= 15 is 0 Å². The van der Waals surface area contributed by atoms with Crippen molar-refractivity contribution in [3.05, 3.63) is 59.7 Å². The number of hydrogen-bond acceptors (Lipinski definition) is 4. The average molecular weight is 420 g/mol. The van der Waals surface area contributed by atoms with E-state index in [1.54, 1.807) is 23.1 Å². The molecule has 4 rings (SSSR count). The van der Waals surface area contributed by atoms with E-state index in [1.165, 1.54) is 7.05 Å². The number of fused-ring (bicyclic) bond motifs is 1. The summed E-state index contributed by atoms with van der Waals surface area (Å²) in [4.78, 5) is 15.9. The Bertz CT molecular complexity index is 920. The Hall–Kier alpha value is -2.74. The van der Waals surface area contributed by atoms with E-state index < -0.39 is 17.5 Å². The van der Waals surface area contributed by atoms with Crippen molar-refractivity contribution in [3.8, 4) is 11.5 Å². The minimum absolute atomic E-state index is 0.0615. The Morgan fingerprint density at radius 2 is 1.83 bits per heavy atom. The van der Waals surface area contributed by atoms with E-state index in [1.807, 2.05) is 30.3 Å². The van der Waals surface area contributed by atoms with Crippen LogP contribution in [0.5, 0.6) is 11.5 Å². The number of nitrogens with zero attached hydrogens (tertiary/aromatic N) is 2. The molecule has 0 bridgehead atoms. The summed E-state index contributed by atoms with van der Waals surface area (Å²) in [5.41, 5.74) is -0.782. The minimum Gasteiger partial charge on any atom is -0.454 e. The molecule has 0 unspecified atom stereocenters. The van der Waals surface area contributed by atoms with Gasteiger partial charge < -0.3 is 14.4 Å². The first-order valence-electron chi connectivity index (χ1n) is 9.76. The van der Waals surface area contributed by atoms with Crippen LogP contribution in [-0.4, -0.2) is 48.8 Å². The second-order valence-corrected chi connectivity index (χ2v) is 7.87. The molecular weight excluding hydrogens is 397 g/mol. The van der Waals surface area contributed by atoms with Gasteiger partial charge in [-0.25, -0.2) is 0 Å². The van der Waals surface area contributed by atoms with Crippen molar-refractivity contribution >= 4 is 5.91 Å². The summed E-state index contributed by atoms with van der Waals surface area (Å²) >= 11 is 0. The molecule has 0 aromatic heterocycles. The second kappa shape index (κ2) is 7.83. The fourth-order valence-corrected chi connectivity index (χ4v) is 4.14. The molecule has 2 aromatic carbocycles. The van der Waals surface area contributed by atoms with Gasteiger partial charge >= 0.3 is 6.18 Å². The van der Waals surface area contributed by atoms with Gasteiger partial charge in [0.05, 0.1) is 0 Å². The largest absolute Gasteiger partial charge is 0.454 e. The zero-order valence-electron chi connectivity index (χ0n) is 16.6. The van der Waals surface area contributed by atoms with Gasteiger partial charge in [-0.1, -0.05) is 36.4 Å². The molecule has 0 N–H and O–H groups in total. The maximum Gasteiger partial charge on any atom is 0.404 e. The van der Waals surface area contributed by atoms with Crippen LogP contribution >= 0.6 is 0 Å². The maximum atomic E-state index is 14.1. The molecule has 5 nitrogen and oxygen atoms in total. The zero-order chi connectivity index (χ0) is 21.4. The highest BCUT2D eigenvalue weighted by molar-refractivity contribution is 5.84. The molecule has 2 heterocycles. The third-order valence-electron chi connectivity index (χ3n) is 5.75. The summed E-state index contributed by atoms with van der Waals surface area (Å²) < 4.78 is 53.0. The van der Waals surface area contributed by atoms with Crippen molar-refractivity contribution in [1.82, 2.24) is 9.80 Å². The Morgan fingerprint density at radius 1 is 1.10 bits per heavy atom. The molecule has 1 saturated heterocycles. The minimum atomic E-state index is -4.63. The first-order valence-corrected chi connectivity index (χ1v) is 9.76. The summed E-state index contributed by atoms with van der Waals surface area (Å²) in [5.74, 6) is 0.226. The Morgan fingerprint density at radius 3 is 2.57 bits per heavy atom. The highest BCUT2D eigenvalue weighted by Crippen LogP contribution is 2.47. The van der Waals surface area contributed by atoms with Crippen molar-refractivity contribution in [3.63, 3.8) is 0 Å². The number of likely N-dealkylation sites (tertiary alicyclic amines) is 1. The molecule has 0 saturated carbocycles. The lowest BCUT2D eigenvalue weighted by Gasteiger charge is -2.34. The lowest BCUT2D eigenvalue weighted by molar-refractivity contribution is -0.223. The van der Waals surface area contributed by atoms with Gasteiger partial charge in [0.25, 0.3) is 0 Å². The number of ether oxygens (including phenoxy) is 2. The van der Waals surface area contributed by atoms with Crippen LogP contribution in [0, 0.1) is 5.41 Å². The summed E-state index contributed by atoms with van der Waals surface area (Å²) in [6.07, 6.45) is -4.87. The van der Waals surface area contributed by atoms with E-state index in [0.717, 1.165) is 10.5 Å². The molecule has 2 aliphatic heterocycles. The fraction of sp³-hybridized carbons (Fsp3) is 0.409. The SMILES string of the molecule is CN(Cc1ccc2c(c1)OCO2)C(=O)[C@@]1(C(F)(F)F)CCN(Cc2ccccc2)C1. The quantitative estimate of drug-likeness (QED) is 0.738. The van der Waals surface area contributed by atoms with Crippen molar-refractivity contribution in [2.75, 3.05) is 26.9 Å². The smallest absolute Gasteiger partial charge is 0.404 e. The lowest BCUT2D eigenvalue weighted by atomic mass is 9.84. The van der Waals surface area contributed by atoms with E-state index in [2.05, 4.69) is 0 Å². The summed E-state index contributed by atoms with van der Waals surface area (Å²) in [6, 6.07) is 14.5. The Labute approximate surface area is 173 Å². The van der Waals surface area contributed by atoms with E-state index in [0.29, 0.717) is 23.6 Å². The van der Waals surface area contributed by atoms with Crippen LogP contribution in [0.15, 0.2) is 48.5 Å². The van der Waals surface area contributed by atoms with E-state index in [9.17, 15) is 18.0 Å². The molecule has 30 heavy (non-hydrogen) atoms. The average Bonchev–Trinajstić information content (AvgIpc) is 3.35. The van der Waals surface area contributed by atoms with Crippen LogP contribution in [0.1, 0.15) is 17.5 Å². The van der Waals surface area contributed by atoms with Crippen LogP contribution in [-0.2, 0) is 17.9 Å². The van der Waals surface area contributed by atoms with Gasteiger partial charge in [0.1, 0.15) is 0 Å². The van der Waals surface area contributed by atoms with E-state index in [-0.39, 0.29) is 32.8 Å². The van der Waals surface area contributed by atoms with Crippen LogP contribution in [0.25, 0.3) is 0 Å². The van der Waals surface area contributed by atoms with Crippen molar-refractivity contribution in [2.24, 2.45) is 5.41 Å². The van der Waals surface area contributed by atoms with Gasteiger partial charge in [-0.2, -0.15) is 13.2 Å². The number of carbonyl (C=O) groups excluding carboxylic acids is 1. The van der Waals surface area contributed by atoms with Gasteiger partial charge in [0, 0.05) is 26.7 Å². The normalized spacial score (nSPS) is 21.1. The van der Waals surface area contributed by atoms with Crippen LogP contribution in [0.4, 0.5) is 13.2 Å². The highest BCUT2D eigenvalue weighted by Gasteiger charge is 2.63. The van der Waals surface area contributed by atoms with Crippen LogP contribution in [0.2, 0.25) is 0 Å². The number of hydrogen-bond donors (Lipinski definition) is 0. The van der Waals surface area contributed by atoms with Gasteiger partial charge in [-0.05, 0) is 36.2 Å². The topological polar surface area (TPSA) is 42.0 Å². The molecule has 8 heteroatoms. The van der Waals surface area contributed by atoms with E-state index in [4.69, 9.17) is 9.47 Å². The summed E-state index contributed by atoms with van der Waals surface area (Å²) in [6.45, 7) is 0.444. The molecule has 1 fully saturated rings. The van der Waals surface area contributed by atoms with Crippen molar-refractivity contribution < 1.29 is 27.4 Å². The number of halogens is 3. The molecule has 2 aliphatic rings. The Balaban J connectivity index is 1.50. The number of alkyl halides is 3. The Kier molecular flexibility index (Phi) is 5.36. The highest BCUT2D eigenvalue weighted by atomic mass is 19.4. The molecular formula is C22H23F3N2O3. The fourth-order valence-electron chi connectivity index (χ4n) is 4.14. The molecule has 1 atom stereocenters. The van der Waals surface area contributed by atoms with Gasteiger partial charge in [-0.15, -0.1) is 0 Å². The van der Waals surface area contributed by atoms with Gasteiger partial charge in [0.2, 0.25) is 12.7 Å².